The lowest BCUT2D eigenvalue weighted by Gasteiger charge is -2.16. The van der Waals surface area contributed by atoms with Gasteiger partial charge in [0.25, 0.3) is 0 Å². The summed E-state index contributed by atoms with van der Waals surface area (Å²) in [5.41, 5.74) is 4.45. The van der Waals surface area contributed by atoms with Gasteiger partial charge in [-0.25, -0.2) is 4.98 Å². The van der Waals surface area contributed by atoms with Crippen LogP contribution in [0.3, 0.4) is 0 Å². The summed E-state index contributed by atoms with van der Waals surface area (Å²) in [5, 5.41) is 7.65. The Morgan fingerprint density at radius 1 is 1.21 bits per heavy atom. The number of hydrogen-bond donors (Lipinski definition) is 1. The van der Waals surface area contributed by atoms with Gasteiger partial charge in [-0.2, -0.15) is 5.10 Å². The Bertz CT molecular complexity index is 788. The number of aryl methyl sites for hydroxylation is 1. The number of nitrogens with one attached hydrogen (secondary N) is 1. The van der Waals surface area contributed by atoms with Crippen LogP contribution < -0.4 is 10.2 Å². The number of anilines is 1. The molecule has 0 saturated carbocycles. The highest BCUT2D eigenvalue weighted by Gasteiger charge is 2.15. The molecule has 3 rings (SSSR count). The molecule has 0 bridgehead atoms. The molecule has 1 saturated heterocycles. The van der Waals surface area contributed by atoms with Gasteiger partial charge in [0.2, 0.25) is 5.91 Å². The minimum Gasteiger partial charge on any atom is -0.357 e. The lowest BCUT2D eigenvalue weighted by Crippen LogP contribution is -2.23. The molecule has 0 aliphatic carbocycles. The molecule has 6 nitrogen and oxygen atoms in total. The van der Waals surface area contributed by atoms with E-state index in [0.717, 1.165) is 43.1 Å². The maximum Gasteiger partial charge on any atom is 0.220 e. The van der Waals surface area contributed by atoms with Crippen LogP contribution in [0.4, 0.5) is 5.82 Å². The number of pyridine rings is 1. The molecule has 1 aliphatic heterocycles. The third-order valence-electron chi connectivity index (χ3n) is 5.40. The lowest BCUT2D eigenvalue weighted by molar-refractivity contribution is -0.121. The topological polar surface area (TPSA) is 63.1 Å². The van der Waals surface area contributed by atoms with E-state index < -0.39 is 0 Å². The largest absolute Gasteiger partial charge is 0.357 e. The van der Waals surface area contributed by atoms with Crippen molar-refractivity contribution in [3.05, 3.63) is 40.8 Å². The normalized spacial score (nSPS) is 14.1. The maximum absolute atomic E-state index is 12.3. The molecule has 0 aromatic carbocycles. The molecule has 2 aromatic rings. The molecule has 28 heavy (non-hydrogen) atoms. The summed E-state index contributed by atoms with van der Waals surface area (Å²) in [4.78, 5) is 19.2. The summed E-state index contributed by atoms with van der Waals surface area (Å²) in [7, 11) is 0. The average Bonchev–Trinajstić information content (AvgIpc) is 3.28. The SMILES string of the molecule is Cc1nn(CC(C)C)c(C)c1CCC(=O)NCc1ccc(N2CCCC2)nc1. The van der Waals surface area contributed by atoms with Gasteiger partial charge in [0.1, 0.15) is 5.82 Å². The zero-order valence-electron chi connectivity index (χ0n) is 17.7. The molecule has 0 atom stereocenters. The number of aromatic nitrogens is 3. The fraction of sp³-hybridized carbons (Fsp3) is 0.591. The van der Waals surface area contributed by atoms with Gasteiger partial charge in [0.05, 0.1) is 5.69 Å². The number of carbonyl (C=O) groups is 1. The third-order valence-corrected chi connectivity index (χ3v) is 5.40. The number of hydrogen-bond acceptors (Lipinski definition) is 4. The molecule has 152 valence electrons. The third kappa shape index (κ3) is 5.12. The van der Waals surface area contributed by atoms with Gasteiger partial charge >= 0.3 is 0 Å². The van der Waals surface area contributed by atoms with E-state index in [1.807, 2.05) is 13.1 Å². The van der Waals surface area contributed by atoms with Crippen LogP contribution in [-0.2, 0) is 24.3 Å². The van der Waals surface area contributed by atoms with Gasteiger partial charge in [-0.15, -0.1) is 0 Å². The molecule has 0 unspecified atom stereocenters. The van der Waals surface area contributed by atoms with Crippen LogP contribution in [0, 0.1) is 19.8 Å². The van der Waals surface area contributed by atoms with E-state index in [2.05, 4.69) is 57.9 Å². The summed E-state index contributed by atoms with van der Waals surface area (Å²) in [6, 6.07) is 4.12. The Kier molecular flexibility index (Phi) is 6.70. The highest BCUT2D eigenvalue weighted by atomic mass is 16.1. The first-order valence-corrected chi connectivity index (χ1v) is 10.4. The number of amides is 1. The van der Waals surface area contributed by atoms with Crippen LogP contribution in [0.2, 0.25) is 0 Å². The Labute approximate surface area is 168 Å². The molecular formula is C22H33N5O. The van der Waals surface area contributed by atoms with Crippen molar-refractivity contribution in [2.45, 2.75) is 66.5 Å². The van der Waals surface area contributed by atoms with Gasteiger partial charge in [0, 0.05) is 44.5 Å². The number of nitrogens with zero attached hydrogens (tertiary/aromatic N) is 4. The number of carbonyl (C=O) groups excluding carboxylic acids is 1. The van der Waals surface area contributed by atoms with Crippen LogP contribution in [0.25, 0.3) is 0 Å². The van der Waals surface area contributed by atoms with Crippen molar-refractivity contribution < 1.29 is 4.79 Å². The number of rotatable bonds is 8. The molecule has 0 radical (unpaired) electrons. The monoisotopic (exact) mass is 383 g/mol. The summed E-state index contributed by atoms with van der Waals surface area (Å²) >= 11 is 0. The van der Waals surface area contributed by atoms with Gasteiger partial charge < -0.3 is 10.2 Å². The second-order valence-electron chi connectivity index (χ2n) is 8.22. The van der Waals surface area contributed by atoms with E-state index in [0.29, 0.717) is 18.9 Å². The van der Waals surface area contributed by atoms with E-state index in [1.165, 1.54) is 24.1 Å². The Morgan fingerprint density at radius 3 is 2.61 bits per heavy atom. The molecule has 1 N–H and O–H groups in total. The first kappa shape index (κ1) is 20.4. The molecule has 1 aliphatic rings. The Hall–Kier alpha value is -2.37. The smallest absolute Gasteiger partial charge is 0.220 e. The van der Waals surface area contributed by atoms with E-state index >= 15 is 0 Å². The standard InChI is InChI=1S/C22H33N5O/c1-16(2)15-27-18(4)20(17(3)25-27)8-10-22(28)24-14-19-7-9-21(23-13-19)26-11-5-6-12-26/h7,9,13,16H,5-6,8,10-12,14-15H2,1-4H3,(H,24,28). The Balaban J connectivity index is 1.48. The summed E-state index contributed by atoms with van der Waals surface area (Å²) in [6.45, 7) is 12.1. The molecule has 1 fully saturated rings. The average molecular weight is 384 g/mol. The van der Waals surface area contributed by atoms with Crippen LogP contribution in [0.15, 0.2) is 18.3 Å². The molecule has 3 heterocycles. The molecule has 0 spiro atoms. The Morgan fingerprint density at radius 2 is 1.96 bits per heavy atom. The zero-order chi connectivity index (χ0) is 20.1. The van der Waals surface area contributed by atoms with E-state index in [4.69, 9.17) is 0 Å². The van der Waals surface area contributed by atoms with Gasteiger partial charge in [-0.3, -0.25) is 9.48 Å². The molecule has 2 aromatic heterocycles. The van der Waals surface area contributed by atoms with Crippen molar-refractivity contribution in [1.82, 2.24) is 20.1 Å². The summed E-state index contributed by atoms with van der Waals surface area (Å²) in [6.07, 6.45) is 5.57. The predicted octanol–water partition coefficient (Wildman–Crippen LogP) is 3.40. The summed E-state index contributed by atoms with van der Waals surface area (Å²) in [5.74, 6) is 1.66. The minimum atomic E-state index is 0.0685. The van der Waals surface area contributed by atoms with Crippen molar-refractivity contribution in [3.8, 4) is 0 Å². The van der Waals surface area contributed by atoms with Crippen molar-refractivity contribution in [2.75, 3.05) is 18.0 Å². The first-order valence-electron chi connectivity index (χ1n) is 10.4. The van der Waals surface area contributed by atoms with E-state index in [1.54, 1.807) is 0 Å². The molecular weight excluding hydrogens is 350 g/mol. The van der Waals surface area contributed by atoms with Crippen LogP contribution in [0.5, 0.6) is 0 Å². The van der Waals surface area contributed by atoms with Crippen LogP contribution >= 0.6 is 0 Å². The lowest BCUT2D eigenvalue weighted by atomic mass is 10.1. The maximum atomic E-state index is 12.3. The fourth-order valence-corrected chi connectivity index (χ4v) is 3.80. The van der Waals surface area contributed by atoms with E-state index in [-0.39, 0.29) is 5.91 Å². The second-order valence-corrected chi connectivity index (χ2v) is 8.22. The quantitative estimate of drug-likeness (QED) is 0.759. The fourth-order valence-electron chi connectivity index (χ4n) is 3.80. The van der Waals surface area contributed by atoms with Crippen molar-refractivity contribution >= 4 is 11.7 Å². The zero-order valence-corrected chi connectivity index (χ0v) is 17.7. The van der Waals surface area contributed by atoms with Gasteiger partial charge in [0.15, 0.2) is 0 Å². The summed E-state index contributed by atoms with van der Waals surface area (Å²) < 4.78 is 2.07. The molecule has 1 amide bonds. The predicted molar refractivity (Wildman–Crippen MR) is 112 cm³/mol. The first-order chi connectivity index (χ1) is 13.4. The van der Waals surface area contributed by atoms with Gasteiger partial charge in [-0.1, -0.05) is 19.9 Å². The van der Waals surface area contributed by atoms with Crippen LogP contribution in [-0.4, -0.2) is 33.8 Å². The minimum absolute atomic E-state index is 0.0685. The van der Waals surface area contributed by atoms with Crippen molar-refractivity contribution in [3.63, 3.8) is 0 Å². The second kappa shape index (κ2) is 9.22. The highest BCUT2D eigenvalue weighted by molar-refractivity contribution is 5.76. The van der Waals surface area contributed by atoms with E-state index in [9.17, 15) is 4.79 Å². The van der Waals surface area contributed by atoms with Gasteiger partial charge in [-0.05, 0) is 56.2 Å². The molecule has 6 heteroatoms. The van der Waals surface area contributed by atoms with Crippen molar-refractivity contribution in [2.24, 2.45) is 5.92 Å². The van der Waals surface area contributed by atoms with Crippen LogP contribution in [0.1, 0.15) is 55.6 Å². The highest BCUT2D eigenvalue weighted by Crippen LogP contribution is 2.18. The van der Waals surface area contributed by atoms with Crippen molar-refractivity contribution in [1.29, 1.82) is 0 Å².